The molecule has 2 rings (SSSR count). The van der Waals surface area contributed by atoms with Gasteiger partial charge in [-0.05, 0) is 43.8 Å². The molecule has 10 heteroatoms. The van der Waals surface area contributed by atoms with Crippen molar-refractivity contribution in [3.63, 3.8) is 0 Å². The van der Waals surface area contributed by atoms with E-state index in [0.717, 1.165) is 12.0 Å². The number of benzene rings is 1. The van der Waals surface area contributed by atoms with E-state index in [4.69, 9.17) is 4.74 Å². The number of ether oxygens (including phenoxy) is 1. The first kappa shape index (κ1) is 36.2. The number of amides is 3. The van der Waals surface area contributed by atoms with Crippen LogP contribution in [0.15, 0.2) is 30.3 Å². The second-order valence-electron chi connectivity index (χ2n) is 13.8. The van der Waals surface area contributed by atoms with Crippen molar-refractivity contribution >= 4 is 23.7 Å². The lowest BCUT2D eigenvalue weighted by molar-refractivity contribution is -0.151. The number of hydrogen-bond donors (Lipinski definition) is 2. The van der Waals surface area contributed by atoms with Gasteiger partial charge in [0.25, 0.3) is 0 Å². The Kier molecular flexibility index (Phi) is 12.8. The smallest absolute Gasteiger partial charge is 0.328 e. The predicted octanol–water partition coefficient (Wildman–Crippen LogP) is 2.66. The highest BCUT2D eigenvalue weighted by atomic mass is 16.5. The van der Waals surface area contributed by atoms with Crippen LogP contribution in [0.25, 0.3) is 0 Å². The molecule has 43 heavy (non-hydrogen) atoms. The van der Waals surface area contributed by atoms with Crippen molar-refractivity contribution in [3.8, 4) is 0 Å². The molecule has 1 saturated heterocycles. The molecule has 0 radical (unpaired) electrons. The largest absolute Gasteiger partial charge is 0.467 e. The van der Waals surface area contributed by atoms with Crippen molar-refractivity contribution in [1.29, 1.82) is 0 Å². The Hall–Kier alpha value is -2.98. The first-order chi connectivity index (χ1) is 20.0. The Morgan fingerprint density at radius 1 is 1.02 bits per heavy atom. The van der Waals surface area contributed by atoms with Crippen molar-refractivity contribution in [2.24, 2.45) is 11.3 Å². The third-order valence-electron chi connectivity index (χ3n) is 8.75. The highest BCUT2D eigenvalue weighted by Crippen LogP contribution is 2.29. The number of carbonyl (C=O) groups excluding carboxylic acids is 4. The fraction of sp³-hybridized carbons (Fsp3) is 0.697. The molecule has 0 bridgehead atoms. The van der Waals surface area contributed by atoms with Crippen LogP contribution < -0.4 is 10.6 Å². The van der Waals surface area contributed by atoms with Crippen molar-refractivity contribution in [3.05, 3.63) is 35.9 Å². The van der Waals surface area contributed by atoms with Gasteiger partial charge in [0.05, 0.1) is 19.7 Å². The number of rotatable bonds is 13. The van der Waals surface area contributed by atoms with E-state index >= 15 is 0 Å². The average molecular weight is 602 g/mol. The zero-order valence-corrected chi connectivity index (χ0v) is 28.2. The van der Waals surface area contributed by atoms with Gasteiger partial charge in [0.1, 0.15) is 12.1 Å². The summed E-state index contributed by atoms with van der Waals surface area (Å²) < 4.78 is 4.89. The molecule has 4 atom stereocenters. The van der Waals surface area contributed by atoms with E-state index in [9.17, 15) is 19.2 Å². The summed E-state index contributed by atoms with van der Waals surface area (Å²) >= 11 is 0. The second-order valence-corrected chi connectivity index (χ2v) is 13.8. The monoisotopic (exact) mass is 601 g/mol. The van der Waals surface area contributed by atoms with Gasteiger partial charge in [-0.15, -0.1) is 0 Å². The molecule has 10 nitrogen and oxygen atoms in total. The van der Waals surface area contributed by atoms with E-state index in [1.165, 1.54) is 7.11 Å². The van der Waals surface area contributed by atoms with Crippen LogP contribution in [-0.4, -0.2) is 110 Å². The van der Waals surface area contributed by atoms with Gasteiger partial charge in [0.15, 0.2) is 0 Å². The summed E-state index contributed by atoms with van der Waals surface area (Å²) in [5.41, 5.74) is -0.0715. The van der Waals surface area contributed by atoms with Crippen molar-refractivity contribution < 1.29 is 23.9 Å². The van der Waals surface area contributed by atoms with Crippen LogP contribution in [0.1, 0.15) is 66.9 Å². The molecule has 1 heterocycles. The number of likely N-dealkylation sites (tertiary alicyclic amines) is 1. The summed E-state index contributed by atoms with van der Waals surface area (Å²) in [5, 5.41) is 6.27. The van der Waals surface area contributed by atoms with Gasteiger partial charge in [0, 0.05) is 31.6 Å². The van der Waals surface area contributed by atoms with Gasteiger partial charge in [-0.1, -0.05) is 78.8 Å². The lowest BCUT2D eigenvalue weighted by atomic mass is 9.76. The van der Waals surface area contributed by atoms with Crippen LogP contribution in [0, 0.1) is 11.3 Å². The molecule has 1 aromatic rings. The van der Waals surface area contributed by atoms with Gasteiger partial charge in [0.2, 0.25) is 17.7 Å². The lowest BCUT2D eigenvalue weighted by Gasteiger charge is -2.41. The fourth-order valence-corrected chi connectivity index (χ4v) is 6.03. The summed E-state index contributed by atoms with van der Waals surface area (Å²) in [4.78, 5) is 58.4. The number of nitrogens with zero attached hydrogens (tertiary/aromatic N) is 3. The van der Waals surface area contributed by atoms with Crippen LogP contribution in [0.5, 0.6) is 0 Å². The van der Waals surface area contributed by atoms with E-state index < -0.39 is 29.0 Å². The van der Waals surface area contributed by atoms with Gasteiger partial charge in [-0.2, -0.15) is 0 Å². The molecular weight excluding hydrogens is 546 g/mol. The van der Waals surface area contributed by atoms with E-state index in [2.05, 4.69) is 10.6 Å². The molecule has 0 aliphatic carbocycles. The average Bonchev–Trinajstić information content (AvgIpc) is 3.44. The summed E-state index contributed by atoms with van der Waals surface area (Å²) in [6, 6.07) is 7.76. The summed E-state index contributed by atoms with van der Waals surface area (Å²) in [6.45, 7) is 15.1. The maximum atomic E-state index is 14.1. The molecular formula is C33H55N5O5. The first-order valence-corrected chi connectivity index (χ1v) is 15.3. The number of nitrogens with one attached hydrogen (secondary N) is 2. The SMILES string of the molecule is CN[C@H](C(=O)NC(C(=O)N(C)[C@H](CN(C)CC(=O)N1CCC[C@H]1C(=O)OC)C(C)C)C(C)(C)C)C(C)(C)c1ccccc1. The van der Waals surface area contributed by atoms with Crippen LogP contribution in [-0.2, 0) is 29.3 Å². The quantitative estimate of drug-likeness (QED) is 0.335. The molecule has 1 aliphatic heterocycles. The van der Waals surface area contributed by atoms with Crippen LogP contribution in [0.3, 0.4) is 0 Å². The predicted molar refractivity (Wildman–Crippen MR) is 169 cm³/mol. The highest BCUT2D eigenvalue weighted by Gasteiger charge is 2.42. The molecule has 242 valence electrons. The Bertz CT molecular complexity index is 1100. The Balaban J connectivity index is 2.20. The van der Waals surface area contributed by atoms with E-state index in [0.29, 0.717) is 19.5 Å². The molecule has 1 aliphatic rings. The topological polar surface area (TPSA) is 111 Å². The third-order valence-corrected chi connectivity index (χ3v) is 8.75. The van der Waals surface area contributed by atoms with Crippen molar-refractivity contribution in [2.45, 2.75) is 90.9 Å². The summed E-state index contributed by atoms with van der Waals surface area (Å²) in [5.74, 6) is -0.864. The van der Waals surface area contributed by atoms with E-state index in [-0.39, 0.29) is 42.2 Å². The molecule has 1 unspecified atom stereocenters. The zero-order valence-electron chi connectivity index (χ0n) is 28.2. The maximum Gasteiger partial charge on any atom is 0.328 e. The lowest BCUT2D eigenvalue weighted by Crippen LogP contribution is -2.62. The van der Waals surface area contributed by atoms with E-state index in [1.54, 1.807) is 23.9 Å². The minimum atomic E-state index is -0.772. The van der Waals surface area contributed by atoms with Crippen LogP contribution >= 0.6 is 0 Å². The molecule has 2 N–H and O–H groups in total. The molecule has 0 saturated carbocycles. The van der Waals surface area contributed by atoms with Gasteiger partial charge >= 0.3 is 5.97 Å². The molecule has 1 aromatic carbocycles. The van der Waals surface area contributed by atoms with Gasteiger partial charge in [-0.3, -0.25) is 19.3 Å². The number of methoxy groups -OCH3 is 1. The zero-order chi connectivity index (χ0) is 32.7. The minimum Gasteiger partial charge on any atom is -0.467 e. The van der Waals surface area contributed by atoms with Crippen molar-refractivity contribution in [2.75, 3.05) is 47.9 Å². The number of hydrogen-bond acceptors (Lipinski definition) is 7. The van der Waals surface area contributed by atoms with Gasteiger partial charge in [-0.25, -0.2) is 4.79 Å². The number of carbonyl (C=O) groups is 4. The van der Waals surface area contributed by atoms with E-state index in [1.807, 2.05) is 90.7 Å². The molecule has 3 amide bonds. The Morgan fingerprint density at radius 2 is 1.63 bits per heavy atom. The van der Waals surface area contributed by atoms with Crippen molar-refractivity contribution in [1.82, 2.24) is 25.3 Å². The number of likely N-dealkylation sites (N-methyl/N-ethyl adjacent to an activating group) is 3. The normalized spacial score (nSPS) is 17.9. The summed E-state index contributed by atoms with van der Waals surface area (Å²) in [7, 11) is 6.72. The second kappa shape index (κ2) is 15.1. The Morgan fingerprint density at radius 3 is 2.14 bits per heavy atom. The first-order valence-electron chi connectivity index (χ1n) is 15.3. The fourth-order valence-electron chi connectivity index (χ4n) is 6.03. The third kappa shape index (κ3) is 9.01. The van der Waals surface area contributed by atoms with Crippen LogP contribution in [0.2, 0.25) is 0 Å². The minimum absolute atomic E-state index is 0.0829. The van der Waals surface area contributed by atoms with Gasteiger partial charge < -0.3 is 25.2 Å². The number of esters is 1. The maximum absolute atomic E-state index is 14.1. The van der Waals surface area contributed by atoms with Crippen LogP contribution in [0.4, 0.5) is 0 Å². The standard InChI is InChI=1S/C33H55N5O5/c1-22(2)25(20-36(9)21-26(39)38-19-15-18-24(38)31(42)43-11)37(10)30(41)28(32(3,4)5)35-29(40)27(34-8)33(6,7)23-16-13-12-14-17-23/h12-14,16-17,22,24-25,27-28,34H,15,18-21H2,1-11H3,(H,35,40)/t24-,25+,27+,28?/m0/s1. The molecule has 0 aromatic heterocycles. The molecule has 0 spiro atoms. The summed E-state index contributed by atoms with van der Waals surface area (Å²) in [6.07, 6.45) is 1.36. The Labute approximate surface area is 258 Å². The molecule has 1 fully saturated rings. The highest BCUT2D eigenvalue weighted by molar-refractivity contribution is 5.91.